The van der Waals surface area contributed by atoms with Gasteiger partial charge in [-0.1, -0.05) is 0 Å². The summed E-state index contributed by atoms with van der Waals surface area (Å²) < 4.78 is 30.0. The number of anilines is 2. The van der Waals surface area contributed by atoms with E-state index in [-0.39, 0.29) is 18.1 Å². The van der Waals surface area contributed by atoms with Crippen molar-refractivity contribution in [1.29, 1.82) is 0 Å². The second-order valence-corrected chi connectivity index (χ2v) is 7.87. The van der Waals surface area contributed by atoms with Crippen LogP contribution in [0.25, 0.3) is 27.7 Å². The van der Waals surface area contributed by atoms with E-state index in [1.165, 1.54) is 0 Å². The molecule has 154 valence electrons. The average molecular weight is 410 g/mol. The number of hydrogen-bond acceptors (Lipinski definition) is 4. The van der Waals surface area contributed by atoms with Crippen LogP contribution < -0.4 is 10.2 Å². The average Bonchev–Trinajstić information content (AvgIpc) is 3.08. The van der Waals surface area contributed by atoms with Crippen molar-refractivity contribution in [2.45, 2.75) is 19.5 Å². The van der Waals surface area contributed by atoms with E-state index in [9.17, 15) is 9.18 Å². The van der Waals surface area contributed by atoms with Gasteiger partial charge in [-0.2, -0.15) is 5.10 Å². The Morgan fingerprint density at radius 1 is 1.33 bits per heavy atom. The third kappa shape index (κ3) is 2.80. The highest BCUT2D eigenvalue weighted by molar-refractivity contribution is 6.03. The molecule has 2 atom stereocenters. The fourth-order valence-electron chi connectivity index (χ4n) is 3.90. The Hall–Kier alpha value is -3.49. The Kier molecular flexibility index (Phi) is 4.02. The third-order valence-corrected chi connectivity index (χ3v) is 5.55. The molecule has 4 aromatic rings. The largest absolute Gasteiger partial charge is 0.374 e. The maximum atomic E-state index is 15.2. The number of carbonyl (C=O) groups excluding carboxylic acids is 1. The molecule has 1 amide bonds. The number of H-pyrrole nitrogens is 1. The van der Waals surface area contributed by atoms with E-state index in [0.29, 0.717) is 28.2 Å². The molecular formula is C21H20F2N6O. The van der Waals surface area contributed by atoms with Gasteiger partial charge in [-0.3, -0.25) is 9.89 Å². The molecule has 1 aromatic carbocycles. The van der Waals surface area contributed by atoms with Crippen molar-refractivity contribution < 1.29 is 13.6 Å². The highest BCUT2D eigenvalue weighted by atomic mass is 19.1. The smallest absolute Gasteiger partial charge is 0.231 e. The molecule has 1 aliphatic carbocycles. The summed E-state index contributed by atoms with van der Waals surface area (Å²) >= 11 is 0. The molecule has 0 spiro atoms. The van der Waals surface area contributed by atoms with E-state index in [0.717, 1.165) is 16.5 Å². The predicted molar refractivity (Wildman–Crippen MR) is 111 cm³/mol. The van der Waals surface area contributed by atoms with E-state index < -0.39 is 12.1 Å². The monoisotopic (exact) mass is 410 g/mol. The van der Waals surface area contributed by atoms with Crippen molar-refractivity contribution in [2.75, 3.05) is 24.3 Å². The maximum absolute atomic E-state index is 15.2. The summed E-state index contributed by atoms with van der Waals surface area (Å²) in [5, 5.41) is 10.5. The maximum Gasteiger partial charge on any atom is 0.231 e. The summed E-state index contributed by atoms with van der Waals surface area (Å²) in [5.41, 5.74) is 3.75. The molecule has 0 aliphatic heterocycles. The quantitative estimate of drug-likeness (QED) is 0.538. The van der Waals surface area contributed by atoms with Gasteiger partial charge in [-0.25, -0.2) is 13.8 Å². The summed E-state index contributed by atoms with van der Waals surface area (Å²) in [6.07, 6.45) is 4.39. The minimum Gasteiger partial charge on any atom is -0.374 e. The molecule has 3 heterocycles. The van der Waals surface area contributed by atoms with Gasteiger partial charge < -0.3 is 14.6 Å². The summed E-state index contributed by atoms with van der Waals surface area (Å²) in [7, 11) is 3.58. The predicted octanol–water partition coefficient (Wildman–Crippen LogP) is 3.69. The van der Waals surface area contributed by atoms with Gasteiger partial charge >= 0.3 is 0 Å². The number of alkyl halides is 1. The minimum absolute atomic E-state index is 0.262. The van der Waals surface area contributed by atoms with Crippen LogP contribution in [0, 0.1) is 18.7 Å². The van der Waals surface area contributed by atoms with E-state index in [4.69, 9.17) is 0 Å². The number of fused-ring (bicyclic) bond motifs is 2. The number of imidazole rings is 1. The number of hydrogen-bond donors (Lipinski definition) is 2. The number of carbonyl (C=O) groups is 1. The molecule has 5 rings (SSSR count). The fourth-order valence-corrected chi connectivity index (χ4v) is 3.90. The molecule has 3 aromatic heterocycles. The van der Waals surface area contributed by atoms with Gasteiger partial charge in [0, 0.05) is 31.2 Å². The lowest BCUT2D eigenvalue weighted by atomic mass is 9.96. The van der Waals surface area contributed by atoms with E-state index in [2.05, 4.69) is 20.5 Å². The molecule has 0 bridgehead atoms. The molecular weight excluding hydrogens is 390 g/mol. The number of halogens is 2. The van der Waals surface area contributed by atoms with Gasteiger partial charge in [0.05, 0.1) is 29.5 Å². The summed E-state index contributed by atoms with van der Waals surface area (Å²) in [4.78, 5) is 18.1. The highest BCUT2D eigenvalue weighted by Gasteiger charge is 2.43. The van der Waals surface area contributed by atoms with Gasteiger partial charge in [0.1, 0.15) is 11.8 Å². The molecule has 1 aliphatic rings. The molecule has 1 fully saturated rings. The number of aromatic nitrogens is 4. The van der Waals surface area contributed by atoms with Crippen LogP contribution in [-0.4, -0.2) is 45.8 Å². The number of nitrogens with one attached hydrogen (secondary N) is 2. The zero-order valence-electron chi connectivity index (χ0n) is 16.7. The summed E-state index contributed by atoms with van der Waals surface area (Å²) in [6.45, 7) is 1.75. The number of pyridine rings is 1. The SMILES string of the molecule is Cc1c(F)c(N(C)C)c2[nH]ncc2c1-c1ccc2nc(NC(=O)[C@H]3C[C@H]3F)cn2c1. The van der Waals surface area contributed by atoms with Crippen molar-refractivity contribution in [3.05, 3.63) is 42.1 Å². The van der Waals surface area contributed by atoms with Crippen LogP contribution in [0.3, 0.4) is 0 Å². The Balaban J connectivity index is 1.59. The molecule has 0 unspecified atom stereocenters. The second-order valence-electron chi connectivity index (χ2n) is 7.87. The number of aromatic amines is 1. The van der Waals surface area contributed by atoms with Crippen LogP contribution in [0.1, 0.15) is 12.0 Å². The van der Waals surface area contributed by atoms with Crippen LogP contribution in [0.2, 0.25) is 0 Å². The Morgan fingerprint density at radius 2 is 2.10 bits per heavy atom. The van der Waals surface area contributed by atoms with Crippen molar-refractivity contribution in [3.8, 4) is 11.1 Å². The van der Waals surface area contributed by atoms with Gasteiger partial charge in [-0.15, -0.1) is 0 Å². The zero-order valence-corrected chi connectivity index (χ0v) is 16.7. The van der Waals surface area contributed by atoms with Crippen LogP contribution in [0.4, 0.5) is 20.3 Å². The van der Waals surface area contributed by atoms with Gasteiger partial charge in [0.25, 0.3) is 0 Å². The molecule has 30 heavy (non-hydrogen) atoms. The van der Waals surface area contributed by atoms with Crippen molar-refractivity contribution >= 4 is 34.0 Å². The lowest BCUT2D eigenvalue weighted by molar-refractivity contribution is -0.117. The Labute approximate surface area is 170 Å². The molecule has 0 radical (unpaired) electrons. The lowest BCUT2D eigenvalue weighted by Crippen LogP contribution is -2.15. The number of benzene rings is 1. The van der Waals surface area contributed by atoms with Crippen molar-refractivity contribution in [1.82, 2.24) is 19.6 Å². The highest BCUT2D eigenvalue weighted by Crippen LogP contribution is 2.39. The minimum atomic E-state index is -1.06. The van der Waals surface area contributed by atoms with E-state index in [1.807, 2.05) is 12.3 Å². The van der Waals surface area contributed by atoms with Crippen LogP contribution in [0.5, 0.6) is 0 Å². The first kappa shape index (κ1) is 18.5. The van der Waals surface area contributed by atoms with Gasteiger partial charge in [0.15, 0.2) is 11.6 Å². The van der Waals surface area contributed by atoms with Crippen LogP contribution >= 0.6 is 0 Å². The van der Waals surface area contributed by atoms with Crippen molar-refractivity contribution in [2.24, 2.45) is 5.92 Å². The Morgan fingerprint density at radius 3 is 2.80 bits per heavy atom. The molecule has 9 heteroatoms. The summed E-state index contributed by atoms with van der Waals surface area (Å²) in [6, 6.07) is 3.65. The third-order valence-electron chi connectivity index (χ3n) is 5.55. The van der Waals surface area contributed by atoms with Crippen LogP contribution in [0.15, 0.2) is 30.7 Å². The topological polar surface area (TPSA) is 78.3 Å². The zero-order chi connectivity index (χ0) is 21.2. The molecule has 0 saturated heterocycles. The normalized spacial score (nSPS) is 18.2. The first-order valence-corrected chi connectivity index (χ1v) is 9.61. The first-order valence-electron chi connectivity index (χ1n) is 9.61. The summed E-state index contributed by atoms with van der Waals surface area (Å²) in [5.74, 6) is -0.893. The number of nitrogens with zero attached hydrogens (tertiary/aromatic N) is 4. The molecule has 7 nitrogen and oxygen atoms in total. The molecule has 1 saturated carbocycles. The van der Waals surface area contributed by atoms with Gasteiger partial charge in [0.2, 0.25) is 5.91 Å². The van der Waals surface area contributed by atoms with E-state index in [1.54, 1.807) is 48.8 Å². The van der Waals surface area contributed by atoms with Crippen LogP contribution in [-0.2, 0) is 4.79 Å². The number of rotatable bonds is 4. The fraction of sp³-hybridized carbons (Fsp3) is 0.286. The second kappa shape index (κ2) is 6.51. The standard InChI is InChI=1S/C21H20F2N6O/c1-10-17(13-7-24-27-19(13)20(18(10)23)28(2)3)11-4-5-16-25-15(9-29(16)8-11)26-21(30)12-6-14(12)22/h4-5,7-9,12,14H,6H2,1-3H3,(H,24,27)(H,26,30)/t12-,14+/m0/s1. The molecule has 2 N–H and O–H groups in total. The lowest BCUT2D eigenvalue weighted by Gasteiger charge is -2.19. The van der Waals surface area contributed by atoms with E-state index >= 15 is 4.39 Å². The first-order chi connectivity index (χ1) is 14.3. The Bertz CT molecular complexity index is 1310. The number of amides is 1. The van der Waals surface area contributed by atoms with Crippen molar-refractivity contribution in [3.63, 3.8) is 0 Å². The van der Waals surface area contributed by atoms with Gasteiger partial charge in [-0.05, 0) is 36.6 Å².